The van der Waals surface area contributed by atoms with Gasteiger partial charge >= 0.3 is 0 Å². The molecular formula is C23H25FN4O2S. The first-order chi connectivity index (χ1) is 14.9. The van der Waals surface area contributed by atoms with Crippen molar-refractivity contribution in [3.8, 4) is 5.75 Å². The molecule has 3 rings (SSSR count). The number of aryl methyl sites for hydroxylation is 2. The highest BCUT2D eigenvalue weighted by Gasteiger charge is 2.20. The summed E-state index contributed by atoms with van der Waals surface area (Å²) in [5, 5.41) is 12.0. The molecule has 0 radical (unpaired) electrons. The lowest BCUT2D eigenvalue weighted by Crippen LogP contribution is -2.15. The van der Waals surface area contributed by atoms with Crippen molar-refractivity contribution in [2.24, 2.45) is 0 Å². The predicted octanol–water partition coefficient (Wildman–Crippen LogP) is 5.09. The number of halogens is 1. The zero-order valence-electron chi connectivity index (χ0n) is 17.8. The van der Waals surface area contributed by atoms with Crippen LogP contribution in [0, 0.1) is 19.7 Å². The van der Waals surface area contributed by atoms with Crippen LogP contribution in [0.2, 0.25) is 0 Å². The maximum absolute atomic E-state index is 13.1. The van der Waals surface area contributed by atoms with E-state index in [2.05, 4.69) is 22.1 Å². The van der Waals surface area contributed by atoms with E-state index in [-0.39, 0.29) is 17.5 Å². The van der Waals surface area contributed by atoms with E-state index < -0.39 is 6.10 Å². The van der Waals surface area contributed by atoms with Gasteiger partial charge in [0.1, 0.15) is 11.6 Å². The first-order valence-corrected chi connectivity index (χ1v) is 10.8. The highest BCUT2D eigenvalue weighted by atomic mass is 32.2. The van der Waals surface area contributed by atoms with Gasteiger partial charge in [0.25, 0.3) is 0 Å². The molecule has 1 unspecified atom stereocenters. The number of ether oxygens (including phenoxy) is 1. The highest BCUT2D eigenvalue weighted by molar-refractivity contribution is 7.99. The molecule has 31 heavy (non-hydrogen) atoms. The monoisotopic (exact) mass is 440 g/mol. The van der Waals surface area contributed by atoms with Crippen LogP contribution < -0.4 is 10.1 Å². The first-order valence-electron chi connectivity index (χ1n) is 9.83. The Bertz CT molecular complexity index is 1070. The lowest BCUT2D eigenvalue weighted by molar-refractivity contribution is -0.113. The Hall–Kier alpha value is -3.13. The minimum Gasteiger partial charge on any atom is -0.483 e. The van der Waals surface area contributed by atoms with Crippen molar-refractivity contribution < 1.29 is 13.9 Å². The molecule has 1 amide bonds. The number of nitrogens with zero attached hydrogens (tertiary/aromatic N) is 3. The van der Waals surface area contributed by atoms with Gasteiger partial charge in [-0.1, -0.05) is 23.9 Å². The Balaban J connectivity index is 1.66. The van der Waals surface area contributed by atoms with Crippen LogP contribution in [0.25, 0.3) is 0 Å². The van der Waals surface area contributed by atoms with E-state index in [1.165, 1.54) is 29.5 Å². The zero-order valence-corrected chi connectivity index (χ0v) is 18.6. The molecule has 2 aromatic carbocycles. The topological polar surface area (TPSA) is 69.0 Å². The number of benzene rings is 2. The van der Waals surface area contributed by atoms with Crippen molar-refractivity contribution in [2.45, 2.75) is 38.6 Å². The molecule has 1 N–H and O–H groups in total. The molecule has 1 atom stereocenters. The molecule has 1 heterocycles. The summed E-state index contributed by atoms with van der Waals surface area (Å²) in [5.74, 6) is 0.867. The van der Waals surface area contributed by atoms with Crippen LogP contribution in [0.5, 0.6) is 5.75 Å². The Morgan fingerprint density at radius 1 is 1.23 bits per heavy atom. The molecule has 0 spiro atoms. The summed E-state index contributed by atoms with van der Waals surface area (Å²) < 4.78 is 20.8. The molecule has 0 bridgehead atoms. The fourth-order valence-corrected chi connectivity index (χ4v) is 3.68. The fourth-order valence-electron chi connectivity index (χ4n) is 2.92. The maximum atomic E-state index is 13.1. The van der Waals surface area contributed by atoms with Crippen molar-refractivity contribution in [3.05, 3.63) is 77.9 Å². The van der Waals surface area contributed by atoms with Crippen LogP contribution in [0.15, 0.2) is 60.3 Å². The second-order valence-electron chi connectivity index (χ2n) is 7.09. The summed E-state index contributed by atoms with van der Waals surface area (Å²) in [6.45, 7) is 10.1. The molecular weight excluding hydrogens is 415 g/mol. The van der Waals surface area contributed by atoms with Crippen molar-refractivity contribution >= 4 is 23.4 Å². The number of hydrogen-bond donors (Lipinski definition) is 1. The summed E-state index contributed by atoms with van der Waals surface area (Å²) in [4.78, 5) is 12.4. The maximum Gasteiger partial charge on any atom is 0.234 e. The van der Waals surface area contributed by atoms with Gasteiger partial charge in [0.15, 0.2) is 17.1 Å². The number of amides is 1. The molecule has 0 aliphatic heterocycles. The lowest BCUT2D eigenvalue weighted by atomic mass is 10.1. The molecule has 1 aromatic heterocycles. The summed E-state index contributed by atoms with van der Waals surface area (Å²) in [7, 11) is 0. The zero-order chi connectivity index (χ0) is 22.4. The summed E-state index contributed by atoms with van der Waals surface area (Å²) in [6, 6.07) is 11.6. The molecule has 6 nitrogen and oxygen atoms in total. The Morgan fingerprint density at radius 3 is 2.65 bits per heavy atom. The smallest absolute Gasteiger partial charge is 0.234 e. The third-order valence-electron chi connectivity index (χ3n) is 4.67. The predicted molar refractivity (Wildman–Crippen MR) is 121 cm³/mol. The second kappa shape index (κ2) is 10.3. The van der Waals surface area contributed by atoms with E-state index in [1.807, 2.05) is 43.5 Å². The minimum atomic E-state index is -0.420. The van der Waals surface area contributed by atoms with E-state index in [9.17, 15) is 9.18 Å². The third-order valence-corrected chi connectivity index (χ3v) is 5.64. The van der Waals surface area contributed by atoms with Crippen LogP contribution in [-0.2, 0) is 11.3 Å². The Morgan fingerprint density at radius 2 is 1.97 bits per heavy atom. The third kappa shape index (κ3) is 5.95. The number of allylic oxidation sites excluding steroid dienone is 1. The number of thioether (sulfide) groups is 1. The number of rotatable bonds is 9. The van der Waals surface area contributed by atoms with E-state index in [0.29, 0.717) is 23.3 Å². The van der Waals surface area contributed by atoms with Crippen LogP contribution >= 0.6 is 11.8 Å². The molecule has 0 saturated carbocycles. The SMILES string of the molecule is C=CCn1c(SCC(=O)Nc2ccc(C)c(C)c2)nnc1C(C)Oc1ccc(F)cc1. The quantitative estimate of drug-likeness (QED) is 0.371. The van der Waals surface area contributed by atoms with Gasteiger partial charge in [-0.2, -0.15) is 0 Å². The summed E-state index contributed by atoms with van der Waals surface area (Å²) >= 11 is 1.29. The highest BCUT2D eigenvalue weighted by Crippen LogP contribution is 2.25. The number of nitrogens with one attached hydrogen (secondary N) is 1. The largest absolute Gasteiger partial charge is 0.483 e. The Labute approximate surface area is 185 Å². The van der Waals surface area contributed by atoms with Gasteiger partial charge in [-0.15, -0.1) is 16.8 Å². The Kier molecular flexibility index (Phi) is 7.46. The minimum absolute atomic E-state index is 0.126. The first kappa shape index (κ1) is 22.6. The van der Waals surface area contributed by atoms with Gasteiger partial charge in [0, 0.05) is 12.2 Å². The normalized spacial score (nSPS) is 11.7. The van der Waals surface area contributed by atoms with Crippen LogP contribution in [0.1, 0.15) is 30.0 Å². The number of carbonyl (C=O) groups excluding carboxylic acids is 1. The van der Waals surface area contributed by atoms with Crippen molar-refractivity contribution in [3.63, 3.8) is 0 Å². The fraction of sp³-hybridized carbons (Fsp3) is 0.261. The average molecular weight is 441 g/mol. The van der Waals surface area contributed by atoms with Crippen molar-refractivity contribution in [1.82, 2.24) is 14.8 Å². The van der Waals surface area contributed by atoms with E-state index in [0.717, 1.165) is 11.3 Å². The number of aromatic nitrogens is 3. The standard InChI is InChI=1S/C23H25FN4O2S/c1-5-12-28-22(17(4)30-20-10-7-18(24)8-11-20)26-27-23(28)31-14-21(29)25-19-9-6-15(2)16(3)13-19/h5-11,13,17H,1,12,14H2,2-4H3,(H,25,29). The van der Waals surface area contributed by atoms with Crippen molar-refractivity contribution in [1.29, 1.82) is 0 Å². The molecule has 0 fully saturated rings. The molecule has 3 aromatic rings. The number of anilines is 1. The van der Waals surface area contributed by atoms with Gasteiger partial charge in [-0.05, 0) is 68.3 Å². The van der Waals surface area contributed by atoms with Gasteiger partial charge in [-0.25, -0.2) is 4.39 Å². The van der Waals surface area contributed by atoms with E-state index in [1.54, 1.807) is 18.2 Å². The van der Waals surface area contributed by atoms with Gasteiger partial charge in [-0.3, -0.25) is 9.36 Å². The van der Waals surface area contributed by atoms with Crippen LogP contribution in [0.4, 0.5) is 10.1 Å². The molecule has 162 valence electrons. The molecule has 8 heteroatoms. The molecule has 0 aliphatic rings. The van der Waals surface area contributed by atoms with Gasteiger partial charge in [0.2, 0.25) is 5.91 Å². The summed E-state index contributed by atoms with van der Waals surface area (Å²) in [5.41, 5.74) is 3.06. The second-order valence-corrected chi connectivity index (χ2v) is 8.03. The summed E-state index contributed by atoms with van der Waals surface area (Å²) in [6.07, 6.45) is 1.31. The molecule has 0 aliphatic carbocycles. The van der Waals surface area contributed by atoms with Crippen LogP contribution in [0.3, 0.4) is 0 Å². The van der Waals surface area contributed by atoms with Crippen molar-refractivity contribution in [2.75, 3.05) is 11.1 Å². The lowest BCUT2D eigenvalue weighted by Gasteiger charge is -2.15. The van der Waals surface area contributed by atoms with Gasteiger partial charge < -0.3 is 10.1 Å². The average Bonchev–Trinajstić information content (AvgIpc) is 3.14. The number of hydrogen-bond acceptors (Lipinski definition) is 5. The number of carbonyl (C=O) groups is 1. The van der Waals surface area contributed by atoms with Gasteiger partial charge in [0.05, 0.1) is 5.75 Å². The van der Waals surface area contributed by atoms with E-state index >= 15 is 0 Å². The van der Waals surface area contributed by atoms with Crippen LogP contribution in [-0.4, -0.2) is 26.4 Å². The van der Waals surface area contributed by atoms with E-state index in [4.69, 9.17) is 4.74 Å². The molecule has 0 saturated heterocycles.